The molecule has 1 heterocycles. The average molecular weight is 405 g/mol. The van der Waals surface area contributed by atoms with Gasteiger partial charge in [0.2, 0.25) is 5.62 Å². The van der Waals surface area contributed by atoms with Gasteiger partial charge in [-0.1, -0.05) is 18.8 Å². The molecule has 0 bridgehead atoms. The summed E-state index contributed by atoms with van der Waals surface area (Å²) in [6.07, 6.45) is 4.08. The van der Waals surface area contributed by atoms with Crippen molar-refractivity contribution >= 4 is 28.7 Å². The molecule has 0 spiro atoms. The maximum absolute atomic E-state index is 14.4. The van der Waals surface area contributed by atoms with Crippen LogP contribution < -0.4 is 10.5 Å². The molecular formula is C23H21F2N5. The minimum absolute atomic E-state index is 0.0631. The van der Waals surface area contributed by atoms with Crippen molar-refractivity contribution in [1.29, 1.82) is 10.8 Å². The van der Waals surface area contributed by atoms with Crippen molar-refractivity contribution in [3.8, 4) is 11.8 Å². The molecule has 5 nitrogen and oxygen atoms in total. The van der Waals surface area contributed by atoms with Gasteiger partial charge >= 0.3 is 0 Å². The number of nitrogens with zero attached hydrogens (tertiary/aromatic N) is 3. The number of hydrogen-bond acceptors (Lipinski definition) is 4. The number of halogens is 2. The van der Waals surface area contributed by atoms with Crippen molar-refractivity contribution in [2.45, 2.75) is 26.2 Å². The number of rotatable bonds is 4. The molecule has 1 fully saturated rings. The second-order valence-corrected chi connectivity index (χ2v) is 7.56. The number of hydrogen-bond donors (Lipinski definition) is 2. The van der Waals surface area contributed by atoms with Crippen molar-refractivity contribution in [3.63, 3.8) is 0 Å². The lowest BCUT2D eigenvalue weighted by Gasteiger charge is -2.21. The fourth-order valence-corrected chi connectivity index (χ4v) is 3.50. The van der Waals surface area contributed by atoms with E-state index in [2.05, 4.69) is 23.7 Å². The lowest BCUT2D eigenvalue weighted by Crippen LogP contribution is -2.26. The van der Waals surface area contributed by atoms with Crippen molar-refractivity contribution < 1.29 is 8.78 Å². The summed E-state index contributed by atoms with van der Waals surface area (Å²) in [5, 5.41) is 16.1. The van der Waals surface area contributed by atoms with Crippen LogP contribution in [0.2, 0.25) is 0 Å². The van der Waals surface area contributed by atoms with Gasteiger partial charge in [-0.05, 0) is 55.7 Å². The zero-order valence-corrected chi connectivity index (χ0v) is 16.8. The predicted molar refractivity (Wildman–Crippen MR) is 113 cm³/mol. The topological polar surface area (TPSA) is 68.8 Å². The highest BCUT2D eigenvalue weighted by atomic mass is 19.1. The number of nitrogens with one attached hydrogen (secondary N) is 2. The van der Waals surface area contributed by atoms with Crippen LogP contribution in [-0.2, 0) is 0 Å². The second-order valence-electron chi connectivity index (χ2n) is 7.56. The molecule has 30 heavy (non-hydrogen) atoms. The van der Waals surface area contributed by atoms with Crippen molar-refractivity contribution in [2.75, 3.05) is 11.9 Å². The maximum atomic E-state index is 14.4. The molecule has 7 heteroatoms. The first-order chi connectivity index (χ1) is 14.4. The Morgan fingerprint density at radius 3 is 2.63 bits per heavy atom. The van der Waals surface area contributed by atoms with E-state index in [4.69, 9.17) is 10.8 Å². The van der Waals surface area contributed by atoms with Gasteiger partial charge in [0.05, 0.1) is 11.9 Å². The van der Waals surface area contributed by atoms with Gasteiger partial charge in [0.15, 0.2) is 0 Å². The van der Waals surface area contributed by atoms with Crippen LogP contribution in [-0.4, -0.2) is 22.9 Å². The number of benzene rings is 2. The lowest BCUT2D eigenvalue weighted by atomic mass is 10.0. The smallest absolute Gasteiger partial charge is 0.229 e. The molecule has 0 amide bonds. The summed E-state index contributed by atoms with van der Waals surface area (Å²) in [6, 6.07) is 8.57. The van der Waals surface area contributed by atoms with Crippen LogP contribution in [0, 0.1) is 39.7 Å². The highest BCUT2D eigenvalue weighted by Crippen LogP contribution is 2.48. The van der Waals surface area contributed by atoms with Gasteiger partial charge in [0, 0.05) is 29.1 Å². The van der Waals surface area contributed by atoms with Crippen LogP contribution >= 0.6 is 0 Å². The van der Waals surface area contributed by atoms with E-state index in [0.717, 1.165) is 25.6 Å². The SMILES string of the molecule is CCC1(C#Cc2cc(F)cc(N(C)c3nc(=N)n(C=N)c4ccc(F)cc34)c2)CC1. The third kappa shape index (κ3) is 3.57. The van der Waals surface area contributed by atoms with Gasteiger partial charge in [-0.3, -0.25) is 15.4 Å². The molecule has 1 aliphatic rings. The third-order valence-electron chi connectivity index (χ3n) is 5.62. The Kier molecular flexibility index (Phi) is 4.86. The van der Waals surface area contributed by atoms with Crippen molar-refractivity contribution in [1.82, 2.24) is 9.55 Å². The Hall–Kier alpha value is -3.53. The molecule has 2 aromatic carbocycles. The maximum Gasteiger partial charge on any atom is 0.229 e. The molecule has 152 valence electrons. The molecule has 1 aromatic heterocycles. The Morgan fingerprint density at radius 2 is 1.97 bits per heavy atom. The van der Waals surface area contributed by atoms with Gasteiger partial charge in [-0.15, -0.1) is 0 Å². The van der Waals surface area contributed by atoms with E-state index in [9.17, 15) is 8.78 Å². The van der Waals surface area contributed by atoms with Gasteiger partial charge in [-0.2, -0.15) is 4.98 Å². The van der Waals surface area contributed by atoms with Crippen LogP contribution in [0.4, 0.5) is 20.3 Å². The first-order valence-electron chi connectivity index (χ1n) is 9.70. The fraction of sp³-hybridized carbons (Fsp3) is 0.261. The van der Waals surface area contributed by atoms with E-state index in [1.807, 2.05) is 0 Å². The summed E-state index contributed by atoms with van der Waals surface area (Å²) in [5.41, 5.74) is 1.40. The van der Waals surface area contributed by atoms with Gasteiger partial charge in [-0.25, -0.2) is 8.78 Å². The minimum atomic E-state index is -0.465. The fourth-order valence-electron chi connectivity index (χ4n) is 3.50. The summed E-state index contributed by atoms with van der Waals surface area (Å²) in [5.74, 6) is 5.76. The molecule has 0 unspecified atom stereocenters. The largest absolute Gasteiger partial charge is 0.329 e. The Balaban J connectivity index is 1.83. The normalized spacial score (nSPS) is 14.1. The van der Waals surface area contributed by atoms with Crippen LogP contribution in [0.15, 0.2) is 36.4 Å². The lowest BCUT2D eigenvalue weighted by molar-refractivity contribution is 0.627. The van der Waals surface area contributed by atoms with Crippen LogP contribution in [0.5, 0.6) is 0 Å². The van der Waals surface area contributed by atoms with E-state index >= 15 is 0 Å². The molecule has 0 saturated heterocycles. The minimum Gasteiger partial charge on any atom is -0.329 e. The molecule has 4 rings (SSSR count). The van der Waals surface area contributed by atoms with Crippen LogP contribution in [0.3, 0.4) is 0 Å². The van der Waals surface area contributed by atoms with Crippen molar-refractivity contribution in [3.05, 3.63) is 59.2 Å². The monoisotopic (exact) mass is 405 g/mol. The van der Waals surface area contributed by atoms with Crippen LogP contribution in [0.25, 0.3) is 10.9 Å². The van der Waals surface area contributed by atoms with Gasteiger partial charge < -0.3 is 4.90 Å². The highest BCUT2D eigenvalue weighted by Gasteiger charge is 2.38. The molecule has 1 saturated carbocycles. The molecule has 0 aliphatic heterocycles. The summed E-state index contributed by atoms with van der Waals surface area (Å²) in [7, 11) is 1.68. The first-order valence-corrected chi connectivity index (χ1v) is 9.70. The summed E-state index contributed by atoms with van der Waals surface area (Å²) >= 11 is 0. The quantitative estimate of drug-likeness (QED) is 0.380. The first kappa shape index (κ1) is 19.8. The average Bonchev–Trinajstić information content (AvgIpc) is 3.51. The van der Waals surface area contributed by atoms with E-state index < -0.39 is 11.6 Å². The summed E-state index contributed by atoms with van der Waals surface area (Å²) in [6.45, 7) is 2.11. The molecule has 0 atom stereocenters. The second kappa shape index (κ2) is 7.38. The van der Waals surface area contributed by atoms with E-state index in [0.29, 0.717) is 28.0 Å². The van der Waals surface area contributed by atoms with Crippen molar-refractivity contribution in [2.24, 2.45) is 5.41 Å². The highest BCUT2D eigenvalue weighted by molar-refractivity contribution is 5.94. The number of aromatic nitrogens is 2. The Bertz CT molecular complexity index is 1280. The molecular weight excluding hydrogens is 384 g/mol. The zero-order valence-electron chi connectivity index (χ0n) is 16.8. The summed E-state index contributed by atoms with van der Waals surface area (Å²) < 4.78 is 29.6. The van der Waals surface area contributed by atoms with Gasteiger partial charge in [0.1, 0.15) is 17.5 Å². The van der Waals surface area contributed by atoms with E-state index in [1.165, 1.54) is 34.9 Å². The zero-order chi connectivity index (χ0) is 21.5. The number of anilines is 2. The standard InChI is InChI=1S/C23H21F2N5/c1-3-23(8-9-23)7-6-15-10-17(25)12-18(11-15)29(2)21-19-13-16(24)4-5-20(19)30(14-26)22(27)28-21/h4-5,10-14,26-27H,3,8-9H2,1-2H3. The van der Waals surface area contributed by atoms with Gasteiger partial charge in [0.25, 0.3) is 0 Å². The van der Waals surface area contributed by atoms with Crippen LogP contribution in [0.1, 0.15) is 31.7 Å². The predicted octanol–water partition coefficient (Wildman–Crippen LogP) is 4.56. The third-order valence-corrected chi connectivity index (χ3v) is 5.62. The molecule has 3 aromatic rings. The Morgan fingerprint density at radius 1 is 1.20 bits per heavy atom. The van der Waals surface area contributed by atoms with E-state index in [-0.39, 0.29) is 11.0 Å². The molecule has 2 N–H and O–H groups in total. The number of fused-ring (bicyclic) bond motifs is 1. The molecule has 1 aliphatic carbocycles. The summed E-state index contributed by atoms with van der Waals surface area (Å²) in [4.78, 5) is 5.84. The molecule has 0 radical (unpaired) electrons. The van der Waals surface area contributed by atoms with E-state index in [1.54, 1.807) is 18.0 Å². The Labute approximate surface area is 173 Å².